The third-order valence-corrected chi connectivity index (χ3v) is 9.74. The molecule has 8 rings (SSSR count). The predicted molar refractivity (Wildman–Crippen MR) is 201 cm³/mol. The molecule has 10 nitrogen and oxygen atoms in total. The minimum atomic E-state index is -0.490. The fraction of sp³-hybridized carbons (Fsp3) is 0.0909. The Morgan fingerprint density at radius 2 is 0.889 bits per heavy atom. The maximum Gasteiger partial charge on any atom is 0.266 e. The Morgan fingerprint density at radius 1 is 0.463 bits per heavy atom. The molecule has 54 heavy (non-hydrogen) atoms. The Bertz CT molecular complexity index is 2510. The number of fused-ring (bicyclic) bond motifs is 2. The molecule has 0 saturated heterocycles. The second-order valence-corrected chi connectivity index (χ2v) is 13.4. The first kappa shape index (κ1) is 33.9. The standard InChI is InChI=1S/C44H32N2O8/c1-44(2,26-10-14-31(15-11-26)53-34-18-20-36-38(24-34)42(50)45(40(36)48)28-6-4-8-30(47)22-28)27-12-16-32(17-13-27)54-35-19-21-37-39(25-35)43(51)46(41(37)49)29-7-5-9-33(23-29)52-3/h4-25,47H,1-3H3. The van der Waals surface area contributed by atoms with E-state index in [1.807, 2.05) is 48.5 Å². The number of imide groups is 2. The van der Waals surface area contributed by atoms with Gasteiger partial charge in [-0.3, -0.25) is 19.2 Å². The molecule has 4 amide bonds. The van der Waals surface area contributed by atoms with Crippen molar-refractivity contribution in [3.05, 3.63) is 167 Å². The lowest BCUT2D eigenvalue weighted by molar-refractivity contribution is 0.0910. The maximum absolute atomic E-state index is 13.3. The van der Waals surface area contributed by atoms with E-state index in [4.69, 9.17) is 14.2 Å². The highest BCUT2D eigenvalue weighted by molar-refractivity contribution is 6.35. The third-order valence-electron chi connectivity index (χ3n) is 9.74. The number of amides is 4. The molecule has 6 aromatic carbocycles. The lowest BCUT2D eigenvalue weighted by atomic mass is 9.78. The van der Waals surface area contributed by atoms with Gasteiger partial charge < -0.3 is 19.3 Å². The summed E-state index contributed by atoms with van der Waals surface area (Å²) in [5.74, 6) is 0.661. The van der Waals surface area contributed by atoms with E-state index in [1.54, 1.807) is 72.8 Å². The smallest absolute Gasteiger partial charge is 0.266 e. The summed E-state index contributed by atoms with van der Waals surface area (Å²) in [6, 6.07) is 37.8. The van der Waals surface area contributed by atoms with Crippen LogP contribution in [-0.2, 0) is 5.41 Å². The molecule has 0 radical (unpaired) electrons. The monoisotopic (exact) mass is 716 g/mol. The summed E-state index contributed by atoms with van der Waals surface area (Å²) in [7, 11) is 1.52. The van der Waals surface area contributed by atoms with Crippen LogP contribution < -0.4 is 24.0 Å². The molecule has 10 heteroatoms. The fourth-order valence-corrected chi connectivity index (χ4v) is 6.74. The predicted octanol–water partition coefficient (Wildman–Crippen LogP) is 8.91. The Kier molecular flexibility index (Phi) is 8.22. The molecule has 1 N–H and O–H groups in total. The van der Waals surface area contributed by atoms with Gasteiger partial charge in [-0.05, 0) is 96.1 Å². The van der Waals surface area contributed by atoms with Crippen molar-refractivity contribution < 1.29 is 38.5 Å². The van der Waals surface area contributed by atoms with Crippen molar-refractivity contribution in [1.29, 1.82) is 0 Å². The van der Waals surface area contributed by atoms with Crippen molar-refractivity contribution >= 4 is 35.0 Å². The average molecular weight is 717 g/mol. The largest absolute Gasteiger partial charge is 0.508 e. The molecule has 0 saturated carbocycles. The van der Waals surface area contributed by atoms with Crippen LogP contribution >= 0.6 is 0 Å². The second kappa shape index (κ2) is 13.1. The van der Waals surface area contributed by atoms with Crippen LogP contribution in [0.25, 0.3) is 0 Å². The zero-order valence-corrected chi connectivity index (χ0v) is 29.4. The van der Waals surface area contributed by atoms with Gasteiger partial charge in [-0.25, -0.2) is 9.80 Å². The van der Waals surface area contributed by atoms with Gasteiger partial charge in [-0.15, -0.1) is 0 Å². The summed E-state index contributed by atoms with van der Waals surface area (Å²) in [6.07, 6.45) is 0. The lowest BCUT2D eigenvalue weighted by Gasteiger charge is -2.26. The average Bonchev–Trinajstić information content (AvgIpc) is 3.58. The summed E-state index contributed by atoms with van der Waals surface area (Å²) < 4.78 is 17.5. The molecule has 2 heterocycles. The number of rotatable bonds is 9. The number of carbonyl (C=O) groups is 4. The number of nitrogens with zero attached hydrogens (tertiary/aromatic N) is 2. The second-order valence-electron chi connectivity index (χ2n) is 13.4. The van der Waals surface area contributed by atoms with Crippen molar-refractivity contribution in [3.8, 4) is 34.5 Å². The molecule has 0 spiro atoms. The van der Waals surface area contributed by atoms with Crippen molar-refractivity contribution in [3.63, 3.8) is 0 Å². The van der Waals surface area contributed by atoms with Crippen LogP contribution in [0.2, 0.25) is 0 Å². The van der Waals surface area contributed by atoms with E-state index in [0.717, 1.165) is 20.9 Å². The van der Waals surface area contributed by atoms with Crippen LogP contribution in [0.1, 0.15) is 66.4 Å². The highest BCUT2D eigenvalue weighted by Gasteiger charge is 2.38. The van der Waals surface area contributed by atoms with E-state index < -0.39 is 29.0 Å². The number of carbonyl (C=O) groups excluding carboxylic acids is 4. The molecular weight excluding hydrogens is 684 g/mol. The number of aromatic hydroxyl groups is 1. The van der Waals surface area contributed by atoms with E-state index in [1.165, 1.54) is 19.2 Å². The molecular formula is C44H32N2O8. The summed E-state index contributed by atoms with van der Waals surface area (Å²) >= 11 is 0. The molecule has 0 aliphatic carbocycles. The van der Waals surface area contributed by atoms with Gasteiger partial charge in [0.05, 0.1) is 40.7 Å². The van der Waals surface area contributed by atoms with E-state index in [9.17, 15) is 24.3 Å². The molecule has 2 aliphatic rings. The number of phenols is 1. The number of phenolic OH excluding ortho intramolecular Hbond substituents is 1. The fourth-order valence-electron chi connectivity index (χ4n) is 6.74. The first-order valence-corrected chi connectivity index (χ1v) is 17.1. The summed E-state index contributed by atoms with van der Waals surface area (Å²) in [5.41, 5.74) is 3.45. The van der Waals surface area contributed by atoms with Crippen LogP contribution in [0.5, 0.6) is 34.5 Å². The van der Waals surface area contributed by atoms with Crippen LogP contribution in [0.4, 0.5) is 11.4 Å². The highest BCUT2D eigenvalue weighted by atomic mass is 16.5. The Hall–Kier alpha value is -7.20. The molecule has 2 aliphatic heterocycles. The Morgan fingerprint density at radius 3 is 1.35 bits per heavy atom. The number of methoxy groups -OCH3 is 1. The zero-order valence-electron chi connectivity index (χ0n) is 29.4. The molecule has 6 aromatic rings. The lowest BCUT2D eigenvalue weighted by Crippen LogP contribution is -2.29. The highest BCUT2D eigenvalue weighted by Crippen LogP contribution is 2.38. The maximum atomic E-state index is 13.3. The first-order chi connectivity index (χ1) is 26.0. The SMILES string of the molecule is COc1cccc(N2C(=O)c3ccc(Oc4ccc(C(C)(C)c5ccc(Oc6ccc7c(c6)C(=O)N(c6cccc(O)c6)C7=O)cc5)cc4)cc3C2=O)c1. The number of ether oxygens (including phenoxy) is 3. The topological polar surface area (TPSA) is 123 Å². The van der Waals surface area contributed by atoms with Gasteiger partial charge in [0.2, 0.25) is 0 Å². The number of anilines is 2. The van der Waals surface area contributed by atoms with E-state index in [-0.39, 0.29) is 28.1 Å². The van der Waals surface area contributed by atoms with Gasteiger partial charge in [-0.2, -0.15) is 0 Å². The Labute approximate surface area is 310 Å². The van der Waals surface area contributed by atoms with Gasteiger partial charge in [0.25, 0.3) is 23.6 Å². The van der Waals surface area contributed by atoms with Gasteiger partial charge in [0.15, 0.2) is 0 Å². The minimum Gasteiger partial charge on any atom is -0.508 e. The molecule has 0 unspecified atom stereocenters. The van der Waals surface area contributed by atoms with Crippen molar-refractivity contribution in [2.45, 2.75) is 19.3 Å². The number of hydrogen-bond acceptors (Lipinski definition) is 8. The van der Waals surface area contributed by atoms with Crippen LogP contribution in [0.3, 0.4) is 0 Å². The van der Waals surface area contributed by atoms with Crippen LogP contribution in [0.15, 0.2) is 133 Å². The summed E-state index contributed by atoms with van der Waals surface area (Å²) in [5, 5.41) is 9.85. The van der Waals surface area contributed by atoms with Gasteiger partial charge >= 0.3 is 0 Å². The van der Waals surface area contributed by atoms with E-state index in [2.05, 4.69) is 13.8 Å². The number of hydrogen-bond donors (Lipinski definition) is 1. The molecule has 0 bridgehead atoms. The van der Waals surface area contributed by atoms with Gasteiger partial charge in [0.1, 0.15) is 34.5 Å². The summed E-state index contributed by atoms with van der Waals surface area (Å²) in [6.45, 7) is 4.22. The number of benzene rings is 6. The van der Waals surface area contributed by atoms with Crippen molar-refractivity contribution in [2.24, 2.45) is 0 Å². The van der Waals surface area contributed by atoms with Gasteiger partial charge in [-0.1, -0.05) is 50.2 Å². The summed E-state index contributed by atoms with van der Waals surface area (Å²) in [4.78, 5) is 54.8. The molecule has 266 valence electrons. The van der Waals surface area contributed by atoms with E-state index >= 15 is 0 Å². The third kappa shape index (κ3) is 5.89. The normalized spacial score (nSPS) is 13.6. The molecule has 0 fully saturated rings. The van der Waals surface area contributed by atoms with Crippen molar-refractivity contribution in [1.82, 2.24) is 0 Å². The van der Waals surface area contributed by atoms with Crippen LogP contribution in [-0.4, -0.2) is 35.8 Å². The minimum absolute atomic E-state index is 0.0459. The Balaban J connectivity index is 0.936. The van der Waals surface area contributed by atoms with Crippen LogP contribution in [0, 0.1) is 0 Å². The van der Waals surface area contributed by atoms with Gasteiger partial charge in [0, 0.05) is 17.5 Å². The zero-order chi connectivity index (χ0) is 37.7. The van der Waals surface area contributed by atoms with E-state index in [0.29, 0.717) is 40.0 Å². The molecule has 0 aromatic heterocycles. The van der Waals surface area contributed by atoms with Crippen molar-refractivity contribution in [2.75, 3.05) is 16.9 Å². The molecule has 0 atom stereocenters. The quantitative estimate of drug-likeness (QED) is 0.147. The first-order valence-electron chi connectivity index (χ1n) is 17.1.